The second-order valence-corrected chi connectivity index (χ2v) is 5.54. The Kier molecular flexibility index (Phi) is 5.38. The molecule has 6 heteroatoms. The van der Waals surface area contributed by atoms with Gasteiger partial charge < -0.3 is 15.2 Å². The van der Waals surface area contributed by atoms with Gasteiger partial charge in [0.2, 0.25) is 0 Å². The fourth-order valence-electron chi connectivity index (χ4n) is 2.33. The molecule has 1 aliphatic heterocycles. The van der Waals surface area contributed by atoms with Crippen molar-refractivity contribution in [3.8, 4) is 0 Å². The molecule has 0 spiro atoms. The second-order valence-electron chi connectivity index (χ2n) is 4.75. The van der Waals surface area contributed by atoms with Crippen LogP contribution < -0.4 is 5.73 Å². The summed E-state index contributed by atoms with van der Waals surface area (Å²) in [5.41, 5.74) is 8.47. The van der Waals surface area contributed by atoms with Gasteiger partial charge in [0.05, 0.1) is 29.1 Å². The van der Waals surface area contributed by atoms with E-state index >= 15 is 0 Å². The van der Waals surface area contributed by atoms with Crippen molar-refractivity contribution in [1.82, 2.24) is 9.78 Å². The smallest absolute Gasteiger partial charge is 0.159 e. The lowest BCUT2D eigenvalue weighted by Crippen LogP contribution is -2.29. The maximum Gasteiger partial charge on any atom is 0.159 e. The summed E-state index contributed by atoms with van der Waals surface area (Å²) in [6.45, 7) is 6.41. The van der Waals surface area contributed by atoms with Crippen LogP contribution in [0.15, 0.2) is 4.47 Å². The summed E-state index contributed by atoms with van der Waals surface area (Å²) in [5, 5.41) is 4.58. The fraction of sp³-hybridized carbons (Fsp3) is 0.769. The lowest BCUT2D eigenvalue weighted by molar-refractivity contribution is -0.0505. The zero-order valence-electron chi connectivity index (χ0n) is 11.6. The van der Waals surface area contributed by atoms with Crippen molar-refractivity contribution in [2.45, 2.75) is 52.0 Å². The highest BCUT2D eigenvalue weighted by Gasteiger charge is 2.22. The van der Waals surface area contributed by atoms with E-state index in [9.17, 15) is 0 Å². The van der Waals surface area contributed by atoms with Gasteiger partial charge in [0.25, 0.3) is 0 Å². The van der Waals surface area contributed by atoms with E-state index in [1.807, 2.05) is 4.68 Å². The molecule has 1 aromatic heterocycles. The number of hydrogen-bond acceptors (Lipinski definition) is 4. The van der Waals surface area contributed by atoms with E-state index in [0.717, 1.165) is 36.0 Å². The predicted octanol–water partition coefficient (Wildman–Crippen LogP) is 1.86. The van der Waals surface area contributed by atoms with Gasteiger partial charge >= 0.3 is 0 Å². The zero-order valence-corrected chi connectivity index (χ0v) is 13.1. The Morgan fingerprint density at radius 1 is 1.42 bits per heavy atom. The molecule has 19 heavy (non-hydrogen) atoms. The van der Waals surface area contributed by atoms with Crippen LogP contribution >= 0.6 is 15.9 Å². The van der Waals surface area contributed by atoms with E-state index in [2.05, 4.69) is 34.9 Å². The van der Waals surface area contributed by atoms with Crippen molar-refractivity contribution in [2.75, 3.05) is 13.2 Å². The topological polar surface area (TPSA) is 62.3 Å². The van der Waals surface area contributed by atoms with Gasteiger partial charge in [-0.25, -0.2) is 0 Å². The molecule has 5 nitrogen and oxygen atoms in total. The van der Waals surface area contributed by atoms with Crippen LogP contribution in [0, 0.1) is 0 Å². The van der Waals surface area contributed by atoms with Crippen LogP contribution in [0.1, 0.15) is 31.7 Å². The predicted molar refractivity (Wildman–Crippen MR) is 77.0 cm³/mol. The fourth-order valence-corrected chi connectivity index (χ4v) is 3.06. The lowest BCUT2D eigenvalue weighted by Gasteiger charge is -2.16. The Hall–Kier alpha value is -0.430. The number of ether oxygens (including phenoxy) is 2. The van der Waals surface area contributed by atoms with E-state index in [1.165, 1.54) is 5.69 Å². The van der Waals surface area contributed by atoms with Gasteiger partial charge in [0, 0.05) is 25.4 Å². The third-order valence-electron chi connectivity index (χ3n) is 3.34. The largest absolute Gasteiger partial charge is 0.350 e. The van der Waals surface area contributed by atoms with Crippen LogP contribution in [0.4, 0.5) is 0 Å². The lowest BCUT2D eigenvalue weighted by atomic mass is 10.1. The van der Waals surface area contributed by atoms with Gasteiger partial charge in [0.15, 0.2) is 6.29 Å². The summed E-state index contributed by atoms with van der Waals surface area (Å²) in [6, 6.07) is 0.0195. The SMILES string of the molecule is CCc1nn(CC)c(CC(N)CC2OCCO2)c1Br. The standard InChI is InChI=1S/C13H22BrN3O2/c1-3-10-13(14)11(17(4-2)16-10)7-9(15)8-12-18-5-6-19-12/h9,12H,3-8,15H2,1-2H3. The quantitative estimate of drug-likeness (QED) is 0.864. The molecule has 2 heterocycles. The normalized spacial score (nSPS) is 18.1. The van der Waals surface area contributed by atoms with Crippen LogP contribution in [0.3, 0.4) is 0 Å². The maximum absolute atomic E-state index is 6.21. The van der Waals surface area contributed by atoms with Gasteiger partial charge in [-0.15, -0.1) is 0 Å². The molecule has 0 aliphatic carbocycles. The van der Waals surface area contributed by atoms with Gasteiger partial charge in [-0.05, 0) is 29.3 Å². The van der Waals surface area contributed by atoms with Crippen LogP contribution in [-0.2, 0) is 28.9 Å². The van der Waals surface area contributed by atoms with Crippen LogP contribution in [0.5, 0.6) is 0 Å². The van der Waals surface area contributed by atoms with Crippen LogP contribution in [0.25, 0.3) is 0 Å². The molecule has 0 saturated carbocycles. The molecule has 1 aromatic rings. The number of aromatic nitrogens is 2. The minimum Gasteiger partial charge on any atom is -0.350 e. The monoisotopic (exact) mass is 331 g/mol. The van der Waals surface area contributed by atoms with E-state index in [1.54, 1.807) is 0 Å². The molecular weight excluding hydrogens is 310 g/mol. The third kappa shape index (κ3) is 3.56. The summed E-state index contributed by atoms with van der Waals surface area (Å²) in [6.07, 6.45) is 2.29. The Bertz CT molecular complexity index is 416. The third-order valence-corrected chi connectivity index (χ3v) is 4.25. The number of nitrogens with two attached hydrogens (primary N) is 1. The number of aryl methyl sites for hydroxylation is 2. The summed E-state index contributed by atoms with van der Waals surface area (Å²) in [4.78, 5) is 0. The zero-order chi connectivity index (χ0) is 13.8. The second kappa shape index (κ2) is 6.83. The molecule has 2 rings (SSSR count). The highest BCUT2D eigenvalue weighted by molar-refractivity contribution is 9.10. The Labute approximate surface area is 122 Å². The molecule has 1 saturated heterocycles. The van der Waals surface area contributed by atoms with Crippen molar-refractivity contribution in [2.24, 2.45) is 5.73 Å². The highest BCUT2D eigenvalue weighted by atomic mass is 79.9. The van der Waals surface area contributed by atoms with Crippen molar-refractivity contribution in [3.63, 3.8) is 0 Å². The van der Waals surface area contributed by atoms with E-state index < -0.39 is 0 Å². The molecule has 1 fully saturated rings. The molecule has 1 aliphatic rings. The van der Waals surface area contributed by atoms with Gasteiger partial charge in [0.1, 0.15) is 0 Å². The Morgan fingerprint density at radius 3 is 2.68 bits per heavy atom. The van der Waals surface area contributed by atoms with E-state index in [0.29, 0.717) is 13.2 Å². The van der Waals surface area contributed by atoms with E-state index in [-0.39, 0.29) is 12.3 Å². The first-order valence-corrected chi connectivity index (χ1v) is 7.67. The minimum absolute atomic E-state index is 0.0195. The first-order chi connectivity index (χ1) is 9.15. The van der Waals surface area contributed by atoms with Gasteiger partial charge in [-0.2, -0.15) is 5.10 Å². The highest BCUT2D eigenvalue weighted by Crippen LogP contribution is 2.24. The molecule has 0 amide bonds. The first-order valence-electron chi connectivity index (χ1n) is 6.88. The van der Waals surface area contributed by atoms with Gasteiger partial charge in [-0.3, -0.25) is 4.68 Å². The maximum atomic E-state index is 6.21. The Balaban J connectivity index is 2.02. The molecular formula is C13H22BrN3O2. The molecule has 2 N–H and O–H groups in total. The number of rotatable bonds is 6. The molecule has 0 aromatic carbocycles. The minimum atomic E-state index is -0.141. The first kappa shape index (κ1) is 15.0. The summed E-state index contributed by atoms with van der Waals surface area (Å²) < 4.78 is 14.0. The summed E-state index contributed by atoms with van der Waals surface area (Å²) in [5.74, 6) is 0. The summed E-state index contributed by atoms with van der Waals surface area (Å²) >= 11 is 3.64. The average Bonchev–Trinajstić information content (AvgIpc) is 2.99. The number of nitrogens with zero attached hydrogens (tertiary/aromatic N) is 2. The molecule has 1 unspecified atom stereocenters. The Morgan fingerprint density at radius 2 is 2.11 bits per heavy atom. The molecule has 0 radical (unpaired) electrons. The van der Waals surface area contributed by atoms with Crippen LogP contribution in [-0.4, -0.2) is 35.3 Å². The van der Waals surface area contributed by atoms with Crippen LogP contribution in [0.2, 0.25) is 0 Å². The van der Waals surface area contributed by atoms with Crippen molar-refractivity contribution < 1.29 is 9.47 Å². The number of hydrogen-bond donors (Lipinski definition) is 1. The molecule has 108 valence electrons. The van der Waals surface area contributed by atoms with Crippen molar-refractivity contribution >= 4 is 15.9 Å². The van der Waals surface area contributed by atoms with Crippen molar-refractivity contribution in [3.05, 3.63) is 15.9 Å². The summed E-state index contributed by atoms with van der Waals surface area (Å²) in [7, 11) is 0. The van der Waals surface area contributed by atoms with Crippen molar-refractivity contribution in [1.29, 1.82) is 0 Å². The average molecular weight is 332 g/mol. The van der Waals surface area contributed by atoms with Gasteiger partial charge in [-0.1, -0.05) is 6.92 Å². The molecule has 1 atom stereocenters. The number of halogens is 1. The molecule has 0 bridgehead atoms. The van der Waals surface area contributed by atoms with E-state index in [4.69, 9.17) is 15.2 Å².